The molecule has 0 spiro atoms. The first kappa shape index (κ1) is 64.9. The van der Waals surface area contributed by atoms with Gasteiger partial charge in [0.05, 0.1) is 33.0 Å². The van der Waals surface area contributed by atoms with Gasteiger partial charge in [-0.3, -0.25) is 80.6 Å². The van der Waals surface area contributed by atoms with Gasteiger partial charge in [-0.1, -0.05) is 20.3 Å². The molecule has 3 saturated heterocycles. The molecule has 8 amide bonds. The Morgan fingerprint density at radius 2 is 1.35 bits per heavy atom. The predicted octanol–water partition coefficient (Wildman–Crippen LogP) is -1.27. The Labute approximate surface area is 501 Å². The average Bonchev–Trinajstić information content (AvgIpc) is 1.68. The number of imidazole rings is 2. The minimum atomic E-state index is -5.53. The van der Waals surface area contributed by atoms with Crippen LogP contribution >= 0.6 is 15.6 Å². The fourth-order valence-electron chi connectivity index (χ4n) is 10.3. The SMILES string of the molecule is COC(=O)N(c1ccc(NC(=O)[C@H](CCCNC(N)=O)NC(=O)[C@@H](NC(=O)CCCCCN2C(=O)C=CC2=O)C(C)C)cc1)[C@H]1[C@H]2OP(=O)(O)OC[C@H]3O[C@@H](n4cnc5c(=O)[nH]c(N)nc54)[C@@H](O)[C@@H]3OP(=O)(O)OC[C@H]2O[C@H]1n1cnc2c(=O)[nH]c(N)nc21. The highest BCUT2D eigenvalue weighted by Gasteiger charge is 2.57. The number of aromatic amines is 2. The standard InChI is InChI=1S/C49H63N17O21P2/c1-22(2)31(58-28(67)9-5-4-6-17-63-29(68)14-15-30(63)69)41(72)57-25(8-7-16-53-48(52)75)40(71)56-23-10-12-24(13-11-23)66(49(76)81-3)34-36-26(84-44(34)64-20-54-32-38(64)59-46(50)61-42(32)73)18-82-89(79,80)87-37-27(19-83-88(77,78)86-36)85-45(35(37)70)65-21-55-33-39(65)60-47(51)62-43(33)74/h10-15,20-22,25-27,31,34-37,44-45,70H,4-9,16-19H2,1-3H3,(H,56,71)(H,57,72)(H,58,67)(H,77,78)(H,79,80)(H3,52,53,75)(H3,50,59,61,73)(H3,51,60,62,74)/t25-,26+,27+,31-,34-,35-,36-,37+,44+,45+/m0/s1. The molecule has 0 saturated carbocycles. The molecular weight excluding hydrogens is 1220 g/mol. The van der Waals surface area contributed by atoms with E-state index in [4.69, 9.17) is 49.5 Å². The van der Waals surface area contributed by atoms with Crippen molar-refractivity contribution >= 4 is 103 Å². The fraction of sp³-hybridized carbons (Fsp3) is 0.490. The van der Waals surface area contributed by atoms with Crippen molar-refractivity contribution in [1.29, 1.82) is 0 Å². The molecule has 5 aromatic rings. The maximum Gasteiger partial charge on any atom is 0.472 e. The molecule has 0 aliphatic carbocycles. The number of primary amides is 1. The van der Waals surface area contributed by atoms with Crippen molar-refractivity contribution < 1.29 is 89.9 Å². The number of rotatable bonds is 20. The second-order valence-electron chi connectivity index (χ2n) is 21.0. The number of imide groups is 1. The lowest BCUT2D eigenvalue weighted by atomic mass is 10.0. The van der Waals surface area contributed by atoms with Gasteiger partial charge >= 0.3 is 27.8 Å². The number of nitrogens with one attached hydrogen (secondary N) is 6. The summed E-state index contributed by atoms with van der Waals surface area (Å²) in [4.78, 5) is 162. The van der Waals surface area contributed by atoms with E-state index in [9.17, 15) is 67.2 Å². The zero-order valence-corrected chi connectivity index (χ0v) is 49.2. The molecule has 89 heavy (non-hydrogen) atoms. The Balaban J connectivity index is 0.969. The number of urea groups is 1. The average molecular weight is 1290 g/mol. The zero-order chi connectivity index (χ0) is 64.2. The maximum absolute atomic E-state index is 14.3. The number of hydrogen-bond donors (Lipinski definition) is 12. The smallest absolute Gasteiger partial charge is 0.452 e. The molecule has 40 heteroatoms. The second kappa shape index (κ2) is 27.0. The molecule has 4 aromatic heterocycles. The lowest BCUT2D eigenvalue weighted by Gasteiger charge is -2.35. The molecule has 480 valence electrons. The van der Waals surface area contributed by atoms with E-state index >= 15 is 0 Å². The van der Waals surface area contributed by atoms with Gasteiger partial charge < -0.3 is 67.6 Å². The number of aliphatic hydroxyl groups is 1. The molecule has 0 bridgehead atoms. The summed E-state index contributed by atoms with van der Waals surface area (Å²) in [6, 6.07) is 0.0875. The Kier molecular flexibility index (Phi) is 19.7. The summed E-state index contributed by atoms with van der Waals surface area (Å²) >= 11 is 0. The van der Waals surface area contributed by atoms with Gasteiger partial charge in [-0.2, -0.15) is 9.97 Å². The molecule has 0 radical (unpaired) electrons. The normalized spacial score (nSPS) is 26.0. The van der Waals surface area contributed by atoms with Crippen LogP contribution in [0.2, 0.25) is 0 Å². The van der Waals surface area contributed by atoms with Gasteiger partial charge in [-0.15, -0.1) is 0 Å². The van der Waals surface area contributed by atoms with Crippen molar-refractivity contribution in [3.63, 3.8) is 0 Å². The highest BCUT2D eigenvalue weighted by atomic mass is 31.2. The van der Waals surface area contributed by atoms with Gasteiger partial charge in [-0.25, -0.2) is 28.7 Å². The monoisotopic (exact) mass is 1290 g/mol. The number of nitrogen functional groups attached to an aromatic ring is 2. The fourth-order valence-corrected chi connectivity index (χ4v) is 12.2. The third kappa shape index (κ3) is 14.8. The van der Waals surface area contributed by atoms with Crippen molar-refractivity contribution in [3.8, 4) is 0 Å². The molecule has 8 heterocycles. The van der Waals surface area contributed by atoms with Crippen LogP contribution in [0.4, 0.5) is 32.9 Å². The lowest BCUT2D eigenvalue weighted by Crippen LogP contribution is -2.54. The number of unbranched alkanes of at least 4 members (excludes halogenated alkanes) is 2. The number of carbonyl (C=O) groups is 7. The topological polar surface area (TPSA) is 539 Å². The molecule has 9 rings (SSSR count). The first-order valence-corrected chi connectivity index (χ1v) is 30.4. The Morgan fingerprint density at radius 1 is 0.787 bits per heavy atom. The third-order valence-electron chi connectivity index (χ3n) is 14.5. The van der Waals surface area contributed by atoms with Crippen LogP contribution in [0.25, 0.3) is 22.3 Å². The number of aromatic nitrogens is 8. The second-order valence-corrected chi connectivity index (χ2v) is 23.8. The van der Waals surface area contributed by atoms with E-state index in [2.05, 4.69) is 51.2 Å². The molecular formula is C49H63N17O21P2. The van der Waals surface area contributed by atoms with Crippen molar-refractivity contribution in [1.82, 2.24) is 59.9 Å². The Morgan fingerprint density at radius 3 is 1.92 bits per heavy atom. The number of anilines is 4. The van der Waals surface area contributed by atoms with Crippen LogP contribution in [-0.4, -0.2) is 183 Å². The Hall–Kier alpha value is -8.55. The molecule has 2 unspecified atom stereocenters. The number of nitrogens with two attached hydrogens (primary N) is 3. The number of phosphoric ester groups is 2. The summed E-state index contributed by atoms with van der Waals surface area (Å²) in [5, 5.41) is 22.0. The summed E-state index contributed by atoms with van der Waals surface area (Å²) in [5.41, 5.74) is 14.3. The number of H-pyrrole nitrogens is 2. The number of aliphatic hydroxyl groups excluding tert-OH is 1. The predicted molar refractivity (Wildman–Crippen MR) is 304 cm³/mol. The van der Waals surface area contributed by atoms with Crippen LogP contribution in [0, 0.1) is 5.92 Å². The summed E-state index contributed by atoms with van der Waals surface area (Å²) < 4.78 is 70.2. The largest absolute Gasteiger partial charge is 0.472 e. The van der Waals surface area contributed by atoms with Crippen molar-refractivity contribution in [2.75, 3.05) is 55.1 Å². The Bertz CT molecular complexity index is 3770. The van der Waals surface area contributed by atoms with Gasteiger partial charge in [-0.05, 0) is 55.9 Å². The number of hydrogen-bond acceptors (Lipinski definition) is 25. The summed E-state index contributed by atoms with van der Waals surface area (Å²) in [5.74, 6) is -4.06. The number of phosphoric acid groups is 2. The molecule has 12 atom stereocenters. The van der Waals surface area contributed by atoms with Gasteiger partial charge in [0.2, 0.25) is 29.6 Å². The van der Waals surface area contributed by atoms with E-state index in [1.807, 2.05) is 0 Å². The molecule has 4 aliphatic rings. The van der Waals surface area contributed by atoms with Crippen LogP contribution in [0.1, 0.15) is 64.8 Å². The zero-order valence-electron chi connectivity index (χ0n) is 47.4. The van der Waals surface area contributed by atoms with Gasteiger partial charge in [0.25, 0.3) is 22.9 Å². The molecule has 38 nitrogen and oxygen atoms in total. The number of ether oxygens (including phenoxy) is 3. The number of benzene rings is 1. The van der Waals surface area contributed by atoms with Crippen LogP contribution in [0.15, 0.2) is 58.7 Å². The number of carbonyl (C=O) groups excluding carboxylic acids is 7. The summed E-state index contributed by atoms with van der Waals surface area (Å²) in [7, 11) is -9.96. The number of nitrogens with zero attached hydrogens (tertiary/aromatic N) is 8. The van der Waals surface area contributed by atoms with Crippen LogP contribution < -0.4 is 54.5 Å². The molecule has 1 aromatic carbocycles. The summed E-state index contributed by atoms with van der Waals surface area (Å²) in [6.45, 7) is 1.43. The molecule has 4 aliphatic heterocycles. The summed E-state index contributed by atoms with van der Waals surface area (Å²) in [6.07, 6.45) is -8.08. The van der Waals surface area contributed by atoms with E-state index in [-0.39, 0.29) is 72.0 Å². The van der Waals surface area contributed by atoms with Gasteiger partial charge in [0, 0.05) is 43.0 Å². The van der Waals surface area contributed by atoms with E-state index in [0.717, 1.165) is 38.7 Å². The van der Waals surface area contributed by atoms with E-state index in [0.29, 0.717) is 19.3 Å². The van der Waals surface area contributed by atoms with Gasteiger partial charge in [0.15, 0.2) is 34.8 Å². The molecule has 3 fully saturated rings. The van der Waals surface area contributed by atoms with E-state index in [1.165, 1.54) is 36.4 Å². The number of methoxy groups -OCH3 is 1. The number of amides is 8. The minimum Gasteiger partial charge on any atom is -0.452 e. The first-order chi connectivity index (χ1) is 42.2. The number of fused-ring (bicyclic) bond motifs is 4. The minimum absolute atomic E-state index is 0.00158. The van der Waals surface area contributed by atoms with Crippen LogP contribution in [-0.2, 0) is 65.4 Å². The quantitative estimate of drug-likeness (QED) is 0.0246. The van der Waals surface area contributed by atoms with Crippen molar-refractivity contribution in [2.24, 2.45) is 11.7 Å². The van der Waals surface area contributed by atoms with Crippen LogP contribution in [0.5, 0.6) is 0 Å². The highest BCUT2D eigenvalue weighted by molar-refractivity contribution is 7.47. The van der Waals surface area contributed by atoms with Crippen molar-refractivity contribution in [2.45, 2.75) is 113 Å². The van der Waals surface area contributed by atoms with E-state index < -0.39 is 155 Å². The maximum atomic E-state index is 14.3. The van der Waals surface area contributed by atoms with Crippen LogP contribution in [0.3, 0.4) is 0 Å². The van der Waals surface area contributed by atoms with Gasteiger partial charge in [0.1, 0.15) is 48.6 Å². The lowest BCUT2D eigenvalue weighted by molar-refractivity contribution is -0.137. The first-order valence-electron chi connectivity index (χ1n) is 27.4. The highest BCUT2D eigenvalue weighted by Crippen LogP contribution is 2.54. The molecule has 15 N–H and O–H groups in total. The third-order valence-corrected chi connectivity index (χ3v) is 16.5. The van der Waals surface area contributed by atoms with E-state index in [1.54, 1.807) is 13.8 Å². The van der Waals surface area contributed by atoms with Crippen molar-refractivity contribution in [3.05, 3.63) is 69.8 Å².